The fourth-order valence-corrected chi connectivity index (χ4v) is 9.31. The third-order valence-electron chi connectivity index (χ3n) is 9.22. The second-order valence-corrected chi connectivity index (χ2v) is 13.0. The smallest absolute Gasteiger partial charge is 0.251 e. The number of amides is 3. The summed E-state index contributed by atoms with van der Waals surface area (Å²) in [4.78, 5) is 48.5. The minimum atomic E-state index is -0.806. The molecule has 8 nitrogen and oxygen atoms in total. The molecule has 224 valence electrons. The van der Waals surface area contributed by atoms with Gasteiger partial charge in [0.25, 0.3) is 5.91 Å². The second kappa shape index (κ2) is 13.0. The van der Waals surface area contributed by atoms with Crippen LogP contribution >= 0.6 is 11.8 Å². The zero-order valence-electron chi connectivity index (χ0n) is 24.8. The van der Waals surface area contributed by atoms with E-state index in [1.165, 1.54) is 0 Å². The van der Waals surface area contributed by atoms with Crippen LogP contribution in [-0.4, -0.2) is 88.1 Å². The van der Waals surface area contributed by atoms with Gasteiger partial charge in [-0.05, 0) is 49.4 Å². The van der Waals surface area contributed by atoms with Gasteiger partial charge >= 0.3 is 0 Å². The Balaban J connectivity index is 1.82. The first-order chi connectivity index (χ1) is 19.7. The SMILES string of the molecule is C=CCN(CCC)C(=O)[C@@H]1[C@@H]2CCC3(S2)C(C(=O)N(CC=C)c2ccc(OC)cc2)N([C@@H](CO)[C@@H](C)CC)C(=O)[C@H]13. The van der Waals surface area contributed by atoms with E-state index in [0.29, 0.717) is 30.9 Å². The number of methoxy groups -OCH3 is 1. The van der Waals surface area contributed by atoms with Crippen LogP contribution in [0.1, 0.15) is 46.5 Å². The summed E-state index contributed by atoms with van der Waals surface area (Å²) >= 11 is 1.66. The van der Waals surface area contributed by atoms with E-state index < -0.39 is 28.7 Å². The third kappa shape index (κ3) is 5.31. The molecule has 7 atom stereocenters. The van der Waals surface area contributed by atoms with Crippen molar-refractivity contribution in [3.63, 3.8) is 0 Å². The number of aliphatic hydroxyl groups is 1. The Morgan fingerprint density at radius 1 is 1.20 bits per heavy atom. The minimum Gasteiger partial charge on any atom is -0.497 e. The predicted octanol–water partition coefficient (Wildman–Crippen LogP) is 4.14. The fourth-order valence-electron chi connectivity index (χ4n) is 7.11. The first-order valence-corrected chi connectivity index (χ1v) is 15.7. The molecule has 3 aliphatic heterocycles. The van der Waals surface area contributed by atoms with Gasteiger partial charge in [0, 0.05) is 30.6 Å². The van der Waals surface area contributed by atoms with Crippen LogP contribution in [0.25, 0.3) is 0 Å². The molecule has 1 spiro atoms. The fraction of sp³-hybridized carbons (Fsp3) is 0.594. The van der Waals surface area contributed by atoms with Gasteiger partial charge in [-0.1, -0.05) is 39.3 Å². The average Bonchev–Trinajstić information content (AvgIpc) is 3.63. The van der Waals surface area contributed by atoms with Crippen molar-refractivity contribution in [2.45, 2.75) is 68.5 Å². The molecule has 0 radical (unpaired) electrons. The lowest BCUT2D eigenvalue weighted by Crippen LogP contribution is -2.58. The molecule has 41 heavy (non-hydrogen) atoms. The van der Waals surface area contributed by atoms with Crippen LogP contribution in [-0.2, 0) is 14.4 Å². The number of hydrogen-bond acceptors (Lipinski definition) is 6. The summed E-state index contributed by atoms with van der Waals surface area (Å²) in [6.07, 6.45) is 6.40. The van der Waals surface area contributed by atoms with Gasteiger partial charge in [0.1, 0.15) is 11.8 Å². The van der Waals surface area contributed by atoms with Gasteiger partial charge in [-0.15, -0.1) is 24.9 Å². The monoisotopic (exact) mass is 583 g/mol. The molecule has 0 aliphatic carbocycles. The van der Waals surface area contributed by atoms with Crippen molar-refractivity contribution < 1.29 is 24.2 Å². The summed E-state index contributed by atoms with van der Waals surface area (Å²) in [5, 5.41) is 10.6. The summed E-state index contributed by atoms with van der Waals surface area (Å²) in [5.41, 5.74) is 0.678. The molecular weight excluding hydrogens is 538 g/mol. The Morgan fingerprint density at radius 3 is 2.44 bits per heavy atom. The van der Waals surface area contributed by atoms with Crippen LogP contribution in [0.2, 0.25) is 0 Å². The van der Waals surface area contributed by atoms with Crippen LogP contribution < -0.4 is 9.64 Å². The van der Waals surface area contributed by atoms with Gasteiger partial charge in [-0.2, -0.15) is 0 Å². The van der Waals surface area contributed by atoms with Gasteiger partial charge in [0.2, 0.25) is 11.8 Å². The Hall–Kier alpha value is -2.78. The highest BCUT2D eigenvalue weighted by atomic mass is 32.2. The first kappa shape index (κ1) is 31.2. The molecule has 0 saturated carbocycles. The predicted molar refractivity (Wildman–Crippen MR) is 164 cm³/mol. The number of carbonyl (C=O) groups is 3. The quantitative estimate of drug-likeness (QED) is 0.331. The van der Waals surface area contributed by atoms with Crippen LogP contribution in [0.5, 0.6) is 5.75 Å². The Bertz CT molecular complexity index is 1140. The van der Waals surface area contributed by atoms with E-state index in [2.05, 4.69) is 13.2 Å². The molecule has 9 heteroatoms. The molecule has 3 aliphatic rings. The summed E-state index contributed by atoms with van der Waals surface area (Å²) in [5.74, 6) is -0.883. The number of carbonyl (C=O) groups excluding carboxylic acids is 3. The van der Waals surface area contributed by atoms with Gasteiger partial charge in [-0.25, -0.2) is 0 Å². The molecule has 3 heterocycles. The lowest BCUT2D eigenvalue weighted by atomic mass is 9.70. The number of thioether (sulfide) groups is 1. The molecular formula is C32H45N3O5S. The van der Waals surface area contributed by atoms with Crippen molar-refractivity contribution in [1.29, 1.82) is 0 Å². The zero-order valence-corrected chi connectivity index (χ0v) is 25.6. The highest BCUT2D eigenvalue weighted by Crippen LogP contribution is 2.67. The van der Waals surface area contributed by atoms with Crippen molar-refractivity contribution in [2.75, 3.05) is 38.3 Å². The average molecular weight is 584 g/mol. The highest BCUT2D eigenvalue weighted by Gasteiger charge is 2.74. The summed E-state index contributed by atoms with van der Waals surface area (Å²) < 4.78 is 4.58. The van der Waals surface area contributed by atoms with E-state index in [0.717, 1.165) is 19.3 Å². The van der Waals surface area contributed by atoms with Crippen LogP contribution in [0.3, 0.4) is 0 Å². The Morgan fingerprint density at radius 2 is 1.88 bits per heavy atom. The van der Waals surface area contributed by atoms with Crippen molar-refractivity contribution in [3.8, 4) is 5.75 Å². The van der Waals surface area contributed by atoms with Crippen molar-refractivity contribution in [2.24, 2.45) is 17.8 Å². The number of fused-ring (bicyclic) bond motifs is 1. The second-order valence-electron chi connectivity index (χ2n) is 11.4. The van der Waals surface area contributed by atoms with Gasteiger partial charge in [-0.3, -0.25) is 14.4 Å². The number of aliphatic hydroxyl groups excluding tert-OH is 1. The van der Waals surface area contributed by atoms with Gasteiger partial charge < -0.3 is 24.5 Å². The number of hydrogen-bond donors (Lipinski definition) is 1. The molecule has 2 unspecified atom stereocenters. The molecule has 1 N–H and O–H groups in total. The standard InChI is InChI=1S/C32H45N3O5S/c1-7-17-33(18-8-2)29(37)26-25-15-16-32(41-25)27(26)30(38)35(24(20-36)21(5)10-4)28(32)31(39)34(19-9-3)22-11-13-23(40-6)14-12-22/h7,9,11-14,21,24-28,36H,1,3,8,10,15-20H2,2,4-6H3/t21-,24-,25-,26+,27-,28?,32?/m0/s1. The number of likely N-dealkylation sites (tertiary alicyclic amines) is 1. The molecule has 3 amide bonds. The normalized spacial score (nSPS) is 27.7. The van der Waals surface area contributed by atoms with Crippen LogP contribution in [0.4, 0.5) is 5.69 Å². The summed E-state index contributed by atoms with van der Waals surface area (Å²) in [6.45, 7) is 14.8. The van der Waals surface area contributed by atoms with Crippen LogP contribution in [0, 0.1) is 17.8 Å². The van der Waals surface area contributed by atoms with Gasteiger partial charge in [0.05, 0.1) is 36.3 Å². The maximum atomic E-state index is 14.8. The lowest BCUT2D eigenvalue weighted by Gasteiger charge is -2.41. The molecule has 0 aromatic heterocycles. The van der Waals surface area contributed by atoms with Gasteiger partial charge in [0.15, 0.2) is 0 Å². The van der Waals surface area contributed by atoms with Crippen LogP contribution in [0.15, 0.2) is 49.6 Å². The van der Waals surface area contributed by atoms with E-state index >= 15 is 0 Å². The van der Waals surface area contributed by atoms with E-state index in [9.17, 15) is 19.5 Å². The number of ether oxygens (including phenoxy) is 1. The summed E-state index contributed by atoms with van der Waals surface area (Å²) in [6, 6.07) is 5.94. The van der Waals surface area contributed by atoms with E-state index in [1.807, 2.05) is 32.9 Å². The zero-order chi connectivity index (χ0) is 29.9. The maximum absolute atomic E-state index is 14.8. The first-order valence-electron chi connectivity index (χ1n) is 14.8. The number of rotatable bonds is 14. The van der Waals surface area contributed by atoms with Crippen molar-refractivity contribution >= 4 is 35.2 Å². The maximum Gasteiger partial charge on any atom is 0.251 e. The number of anilines is 1. The largest absolute Gasteiger partial charge is 0.497 e. The molecule has 3 saturated heterocycles. The molecule has 3 fully saturated rings. The molecule has 1 aromatic carbocycles. The minimum absolute atomic E-state index is 0.0249. The molecule has 4 rings (SSSR count). The Kier molecular flexibility index (Phi) is 9.90. The highest BCUT2D eigenvalue weighted by molar-refractivity contribution is 8.02. The molecule has 2 bridgehead atoms. The lowest BCUT2D eigenvalue weighted by molar-refractivity contribution is -0.146. The van der Waals surface area contributed by atoms with Crippen molar-refractivity contribution in [3.05, 3.63) is 49.6 Å². The topological polar surface area (TPSA) is 90.4 Å². The number of nitrogens with zero attached hydrogens (tertiary/aromatic N) is 3. The van der Waals surface area contributed by atoms with E-state index in [-0.39, 0.29) is 42.0 Å². The summed E-state index contributed by atoms with van der Waals surface area (Å²) in [7, 11) is 1.59. The van der Waals surface area contributed by atoms with Crippen molar-refractivity contribution in [1.82, 2.24) is 9.80 Å². The van der Waals surface area contributed by atoms with E-state index in [1.54, 1.807) is 57.9 Å². The number of benzene rings is 1. The Labute approximate surface area is 248 Å². The third-order valence-corrected chi connectivity index (χ3v) is 11.2. The molecule has 1 aromatic rings. The van der Waals surface area contributed by atoms with E-state index in [4.69, 9.17) is 4.74 Å².